The number of nitrogens with one attached hydrogen (secondary N) is 1. The SMILES string of the molecule is CCC1=CN(C(=O)OC(C)(C)C)CC(C)(C)c2c1[nH]c1cc(C)cn21. The minimum absolute atomic E-state index is 0.219. The monoisotopic (exact) mass is 343 g/mol. The summed E-state index contributed by atoms with van der Waals surface area (Å²) >= 11 is 0. The van der Waals surface area contributed by atoms with Crippen LogP contribution >= 0.6 is 0 Å². The van der Waals surface area contributed by atoms with E-state index in [1.165, 1.54) is 11.3 Å². The highest BCUT2D eigenvalue weighted by Gasteiger charge is 2.36. The Labute approximate surface area is 149 Å². The lowest BCUT2D eigenvalue weighted by Gasteiger charge is -2.31. The molecular weight excluding hydrogens is 314 g/mol. The topological polar surface area (TPSA) is 49.7 Å². The van der Waals surface area contributed by atoms with Gasteiger partial charge in [-0.3, -0.25) is 4.90 Å². The third-order valence-electron chi connectivity index (χ3n) is 4.54. The van der Waals surface area contributed by atoms with Crippen LogP contribution in [0.2, 0.25) is 0 Å². The number of aromatic nitrogens is 2. The van der Waals surface area contributed by atoms with Gasteiger partial charge in [0.15, 0.2) is 0 Å². The van der Waals surface area contributed by atoms with Crippen molar-refractivity contribution in [3.63, 3.8) is 0 Å². The number of H-pyrrole nitrogens is 1. The molecule has 3 rings (SSSR count). The van der Waals surface area contributed by atoms with Gasteiger partial charge in [-0.1, -0.05) is 20.8 Å². The molecule has 2 aromatic rings. The third-order valence-corrected chi connectivity index (χ3v) is 4.54. The number of rotatable bonds is 1. The Morgan fingerprint density at radius 3 is 2.64 bits per heavy atom. The van der Waals surface area contributed by atoms with Gasteiger partial charge in [-0.25, -0.2) is 4.79 Å². The first kappa shape index (κ1) is 17.6. The molecule has 1 aliphatic rings. The maximum atomic E-state index is 12.7. The number of aromatic amines is 1. The van der Waals surface area contributed by atoms with E-state index < -0.39 is 5.60 Å². The highest BCUT2D eigenvalue weighted by molar-refractivity contribution is 5.76. The van der Waals surface area contributed by atoms with Gasteiger partial charge in [-0.2, -0.15) is 0 Å². The first-order valence-corrected chi connectivity index (χ1v) is 8.93. The number of aryl methyl sites for hydroxylation is 1. The van der Waals surface area contributed by atoms with Gasteiger partial charge < -0.3 is 14.1 Å². The standard InChI is InChI=1S/C20H29N3O2/c1-8-14-11-22(18(24)25-19(3,4)5)12-20(6,7)17-16(14)21-15-9-13(2)10-23(15)17/h9-11,21H,8,12H2,1-7H3. The summed E-state index contributed by atoms with van der Waals surface area (Å²) in [4.78, 5) is 18.0. The molecule has 0 bridgehead atoms. The summed E-state index contributed by atoms with van der Waals surface area (Å²) < 4.78 is 7.84. The van der Waals surface area contributed by atoms with E-state index in [4.69, 9.17) is 4.74 Å². The van der Waals surface area contributed by atoms with E-state index in [2.05, 4.69) is 49.3 Å². The quantitative estimate of drug-likeness (QED) is 0.804. The predicted molar refractivity (Wildman–Crippen MR) is 101 cm³/mol. The van der Waals surface area contributed by atoms with Crippen molar-refractivity contribution in [2.45, 2.75) is 65.9 Å². The van der Waals surface area contributed by atoms with E-state index in [9.17, 15) is 4.79 Å². The second kappa shape index (κ2) is 5.68. The molecule has 1 aliphatic heterocycles. The Balaban J connectivity index is 2.10. The van der Waals surface area contributed by atoms with Crippen LogP contribution in [0.25, 0.3) is 11.2 Å². The van der Waals surface area contributed by atoms with Crippen LogP contribution in [0.1, 0.15) is 64.9 Å². The minimum atomic E-state index is -0.507. The largest absolute Gasteiger partial charge is 0.443 e. The molecule has 0 aliphatic carbocycles. The summed E-state index contributed by atoms with van der Waals surface area (Å²) in [6.07, 6.45) is 4.65. The molecule has 2 aromatic heterocycles. The second-order valence-corrected chi connectivity index (χ2v) is 8.62. The van der Waals surface area contributed by atoms with Gasteiger partial charge in [0.1, 0.15) is 11.2 Å². The van der Waals surface area contributed by atoms with Crippen LogP contribution in [0.3, 0.4) is 0 Å². The third kappa shape index (κ3) is 3.20. The zero-order valence-electron chi connectivity index (χ0n) is 16.4. The van der Waals surface area contributed by atoms with Gasteiger partial charge in [0, 0.05) is 24.4 Å². The molecular formula is C20H29N3O2. The normalized spacial score (nSPS) is 17.2. The molecule has 0 spiro atoms. The number of amides is 1. The Morgan fingerprint density at radius 1 is 1.36 bits per heavy atom. The number of ether oxygens (including phenoxy) is 1. The summed E-state index contributed by atoms with van der Waals surface area (Å²) in [6, 6.07) is 2.16. The highest BCUT2D eigenvalue weighted by atomic mass is 16.6. The Bertz CT molecular complexity index is 846. The van der Waals surface area contributed by atoms with Crippen molar-refractivity contribution >= 4 is 17.3 Å². The fourth-order valence-corrected chi connectivity index (χ4v) is 3.59. The highest BCUT2D eigenvalue weighted by Crippen LogP contribution is 2.37. The van der Waals surface area contributed by atoms with Crippen LogP contribution in [0.4, 0.5) is 4.79 Å². The smallest absolute Gasteiger partial charge is 0.414 e. The number of hydrogen-bond acceptors (Lipinski definition) is 2. The molecule has 0 fully saturated rings. The van der Waals surface area contributed by atoms with Crippen molar-refractivity contribution in [1.29, 1.82) is 0 Å². The van der Waals surface area contributed by atoms with E-state index in [1.54, 1.807) is 4.90 Å². The van der Waals surface area contributed by atoms with Crippen molar-refractivity contribution in [3.05, 3.63) is 35.4 Å². The molecule has 5 nitrogen and oxygen atoms in total. The number of carbonyl (C=O) groups is 1. The van der Waals surface area contributed by atoms with Crippen molar-refractivity contribution < 1.29 is 9.53 Å². The number of carbonyl (C=O) groups excluding carboxylic acids is 1. The Morgan fingerprint density at radius 2 is 2.04 bits per heavy atom. The van der Waals surface area contributed by atoms with Gasteiger partial charge in [-0.05, 0) is 51.3 Å². The molecule has 0 aromatic carbocycles. The van der Waals surface area contributed by atoms with Gasteiger partial charge in [0.05, 0.1) is 11.4 Å². The first-order chi connectivity index (χ1) is 11.5. The van der Waals surface area contributed by atoms with Gasteiger partial charge in [0.25, 0.3) is 0 Å². The molecule has 25 heavy (non-hydrogen) atoms. The lowest BCUT2D eigenvalue weighted by Crippen LogP contribution is -2.40. The van der Waals surface area contributed by atoms with Crippen molar-refractivity contribution in [3.8, 4) is 0 Å². The van der Waals surface area contributed by atoms with Crippen LogP contribution in [-0.4, -0.2) is 32.5 Å². The van der Waals surface area contributed by atoms with E-state index in [0.29, 0.717) is 6.54 Å². The molecule has 0 saturated carbocycles. The molecule has 1 N–H and O–H groups in total. The Kier molecular flexibility index (Phi) is 4.01. The predicted octanol–water partition coefficient (Wildman–Crippen LogP) is 4.86. The van der Waals surface area contributed by atoms with E-state index in [0.717, 1.165) is 23.3 Å². The van der Waals surface area contributed by atoms with Crippen LogP contribution in [0.15, 0.2) is 18.5 Å². The van der Waals surface area contributed by atoms with Crippen LogP contribution in [0.5, 0.6) is 0 Å². The van der Waals surface area contributed by atoms with Gasteiger partial charge >= 0.3 is 6.09 Å². The lowest BCUT2D eigenvalue weighted by atomic mass is 9.87. The number of allylic oxidation sites excluding steroid dienone is 1. The maximum Gasteiger partial charge on any atom is 0.414 e. The van der Waals surface area contributed by atoms with Crippen LogP contribution in [-0.2, 0) is 10.2 Å². The van der Waals surface area contributed by atoms with Crippen molar-refractivity contribution in [2.75, 3.05) is 6.54 Å². The van der Waals surface area contributed by atoms with Crippen molar-refractivity contribution in [1.82, 2.24) is 14.3 Å². The van der Waals surface area contributed by atoms with Crippen LogP contribution in [0, 0.1) is 6.92 Å². The zero-order chi connectivity index (χ0) is 18.6. The van der Waals surface area contributed by atoms with Gasteiger partial charge in [-0.15, -0.1) is 0 Å². The molecule has 0 saturated heterocycles. The number of fused-ring (bicyclic) bond motifs is 3. The fraction of sp³-hybridized carbons (Fsp3) is 0.550. The maximum absolute atomic E-state index is 12.7. The van der Waals surface area contributed by atoms with E-state index >= 15 is 0 Å². The number of nitrogens with zero attached hydrogens (tertiary/aromatic N) is 2. The summed E-state index contributed by atoms with van der Waals surface area (Å²) in [5.41, 5.74) is 5.05. The van der Waals surface area contributed by atoms with Gasteiger partial charge in [0.2, 0.25) is 0 Å². The molecule has 0 atom stereocenters. The lowest BCUT2D eigenvalue weighted by molar-refractivity contribution is 0.0309. The minimum Gasteiger partial charge on any atom is -0.443 e. The van der Waals surface area contributed by atoms with Crippen molar-refractivity contribution in [2.24, 2.45) is 0 Å². The van der Waals surface area contributed by atoms with E-state index in [-0.39, 0.29) is 11.5 Å². The molecule has 5 heteroatoms. The molecule has 0 radical (unpaired) electrons. The van der Waals surface area contributed by atoms with E-state index in [1.807, 2.05) is 27.0 Å². The molecule has 136 valence electrons. The fourth-order valence-electron chi connectivity index (χ4n) is 3.59. The average Bonchev–Trinajstić information content (AvgIpc) is 2.93. The Hall–Kier alpha value is -2.17. The number of hydrogen-bond donors (Lipinski definition) is 1. The summed E-state index contributed by atoms with van der Waals surface area (Å²) in [6.45, 7) is 14.8. The first-order valence-electron chi connectivity index (χ1n) is 8.93. The average molecular weight is 343 g/mol. The second-order valence-electron chi connectivity index (χ2n) is 8.62. The zero-order valence-corrected chi connectivity index (χ0v) is 16.4. The molecule has 0 unspecified atom stereocenters. The summed E-state index contributed by atoms with van der Waals surface area (Å²) in [5, 5.41) is 0. The molecule has 3 heterocycles. The summed E-state index contributed by atoms with van der Waals surface area (Å²) in [7, 11) is 0. The summed E-state index contributed by atoms with van der Waals surface area (Å²) in [5.74, 6) is 0. The molecule has 1 amide bonds. The number of imidazole rings is 1. The van der Waals surface area contributed by atoms with Crippen LogP contribution < -0.4 is 0 Å².